The summed E-state index contributed by atoms with van der Waals surface area (Å²) in [6.07, 6.45) is 4.23. The number of para-hydroxylation sites is 1. The molecule has 3 heterocycles. The molecule has 2 unspecified atom stereocenters. The van der Waals surface area contributed by atoms with Crippen molar-refractivity contribution in [2.24, 2.45) is 17.8 Å². The van der Waals surface area contributed by atoms with E-state index >= 15 is 0 Å². The summed E-state index contributed by atoms with van der Waals surface area (Å²) in [7, 11) is 0. The summed E-state index contributed by atoms with van der Waals surface area (Å²) < 4.78 is 19.0. The Labute approximate surface area is 202 Å². The van der Waals surface area contributed by atoms with Crippen LogP contribution in [-0.2, 0) is 4.74 Å². The largest absolute Gasteiger partial charge is 0.478 e. The maximum absolute atomic E-state index is 12.5. The second-order valence-electron chi connectivity index (χ2n) is 10.5. The number of hydrogen-bond acceptors (Lipinski definition) is 5. The van der Waals surface area contributed by atoms with Crippen LogP contribution in [0.15, 0.2) is 46.9 Å². The van der Waals surface area contributed by atoms with Crippen LogP contribution in [0.4, 0.5) is 0 Å². The lowest BCUT2D eigenvalue weighted by atomic mass is 9.91. The molecule has 0 amide bonds. The minimum Gasteiger partial charge on any atom is -0.478 e. The molecule has 178 valence electrons. The molecule has 1 aliphatic heterocycles. The Bertz CT molecular complexity index is 1520. The van der Waals surface area contributed by atoms with Crippen molar-refractivity contribution in [1.29, 1.82) is 0 Å². The van der Waals surface area contributed by atoms with E-state index in [1.807, 2.05) is 50.2 Å². The first-order valence-electron chi connectivity index (χ1n) is 12.4. The normalized spacial score (nSPS) is 27.1. The van der Waals surface area contributed by atoms with E-state index in [1.54, 1.807) is 6.07 Å². The molecular weight excluding hydrogens is 442 g/mol. The summed E-state index contributed by atoms with van der Waals surface area (Å²) in [6.45, 7) is 4.65. The van der Waals surface area contributed by atoms with Crippen molar-refractivity contribution in [1.82, 2.24) is 4.98 Å². The number of nitrogens with zero attached hydrogens (tertiary/aromatic N) is 1. The number of aromatic carboxylic acids is 1. The summed E-state index contributed by atoms with van der Waals surface area (Å²) in [4.78, 5) is 17.4. The van der Waals surface area contributed by atoms with Crippen LogP contribution in [0.3, 0.4) is 0 Å². The van der Waals surface area contributed by atoms with Crippen molar-refractivity contribution in [3.63, 3.8) is 0 Å². The number of carboxylic acid groups (broad SMARTS) is 1. The standard InChI is InChI=1S/C29H27NO5/c1-15-7-10-24(35-29-12-17-8-9-18(14-33-29)21(17)13-29)25-20(28(31)32)11-22(30-26(15)25)27-16(2)19-5-3-4-6-23(19)34-27/h3-7,10-11,17-18,21H,8-9,12-14H2,1-2H3,(H,31,32)/t17-,18+,21?,29?/m1/s1. The number of furan rings is 1. The van der Waals surface area contributed by atoms with E-state index in [2.05, 4.69) is 0 Å². The van der Waals surface area contributed by atoms with Gasteiger partial charge in [0.25, 0.3) is 0 Å². The average Bonchev–Trinajstić information content (AvgIpc) is 3.48. The van der Waals surface area contributed by atoms with Gasteiger partial charge in [0, 0.05) is 23.8 Å². The molecule has 2 aliphatic carbocycles. The van der Waals surface area contributed by atoms with Crippen LogP contribution in [0.25, 0.3) is 33.3 Å². The first-order valence-corrected chi connectivity index (χ1v) is 12.4. The molecule has 0 radical (unpaired) electrons. The van der Waals surface area contributed by atoms with E-state index in [0.29, 0.717) is 45.9 Å². The van der Waals surface area contributed by atoms with Crippen molar-refractivity contribution in [2.45, 2.75) is 45.3 Å². The Hall–Kier alpha value is -3.38. The molecule has 3 aliphatic rings. The van der Waals surface area contributed by atoms with Gasteiger partial charge in [0.1, 0.15) is 17.0 Å². The third kappa shape index (κ3) is 3.05. The minimum absolute atomic E-state index is 0.159. The van der Waals surface area contributed by atoms with Gasteiger partial charge < -0.3 is 19.0 Å². The summed E-state index contributed by atoms with van der Waals surface area (Å²) in [5.41, 5.74) is 3.86. The highest BCUT2D eigenvalue weighted by molar-refractivity contribution is 6.07. The zero-order valence-electron chi connectivity index (χ0n) is 19.8. The highest BCUT2D eigenvalue weighted by Crippen LogP contribution is 2.57. The SMILES string of the molecule is Cc1c(-c2cc(C(=O)O)c3c(OC45CC6[C@H](CC[C@H]6CO4)C5)ccc(C)c3n2)oc2ccccc12. The van der Waals surface area contributed by atoms with E-state index in [4.69, 9.17) is 18.9 Å². The summed E-state index contributed by atoms with van der Waals surface area (Å²) >= 11 is 0. The fourth-order valence-electron chi connectivity index (χ4n) is 6.80. The monoisotopic (exact) mass is 469 g/mol. The number of benzene rings is 2. The van der Waals surface area contributed by atoms with E-state index in [1.165, 1.54) is 12.8 Å². The van der Waals surface area contributed by atoms with Gasteiger partial charge in [-0.25, -0.2) is 9.78 Å². The molecular formula is C29H27NO5. The topological polar surface area (TPSA) is 81.8 Å². The zero-order chi connectivity index (χ0) is 23.9. The molecule has 4 aromatic rings. The molecule has 1 N–H and O–H groups in total. The number of fused-ring (bicyclic) bond motifs is 3. The lowest BCUT2D eigenvalue weighted by molar-refractivity contribution is -0.208. The van der Waals surface area contributed by atoms with Gasteiger partial charge in [-0.3, -0.25) is 0 Å². The molecule has 2 aromatic carbocycles. The Morgan fingerprint density at radius 1 is 1.11 bits per heavy atom. The molecule has 2 saturated carbocycles. The number of carbonyl (C=O) groups is 1. The second-order valence-corrected chi connectivity index (χ2v) is 10.5. The van der Waals surface area contributed by atoms with Gasteiger partial charge in [0.15, 0.2) is 5.76 Å². The zero-order valence-corrected chi connectivity index (χ0v) is 19.8. The van der Waals surface area contributed by atoms with Gasteiger partial charge >= 0.3 is 5.97 Å². The number of aromatic nitrogens is 1. The first-order chi connectivity index (χ1) is 16.9. The van der Waals surface area contributed by atoms with Gasteiger partial charge in [-0.15, -0.1) is 0 Å². The Balaban J connectivity index is 1.38. The number of rotatable bonds is 4. The highest BCUT2D eigenvalue weighted by atomic mass is 16.7. The van der Waals surface area contributed by atoms with Crippen molar-refractivity contribution >= 4 is 27.8 Å². The second kappa shape index (κ2) is 7.31. The van der Waals surface area contributed by atoms with Crippen molar-refractivity contribution < 1.29 is 23.8 Å². The molecule has 4 atom stereocenters. The number of pyridine rings is 1. The summed E-state index contributed by atoms with van der Waals surface area (Å²) in [5, 5.41) is 11.8. The lowest BCUT2D eigenvalue weighted by Gasteiger charge is -2.37. The lowest BCUT2D eigenvalue weighted by Crippen LogP contribution is -2.42. The Morgan fingerprint density at radius 2 is 1.94 bits per heavy atom. The predicted molar refractivity (Wildman–Crippen MR) is 132 cm³/mol. The van der Waals surface area contributed by atoms with Gasteiger partial charge in [0.2, 0.25) is 5.79 Å². The maximum atomic E-state index is 12.5. The van der Waals surface area contributed by atoms with Crippen LogP contribution in [-0.4, -0.2) is 28.5 Å². The van der Waals surface area contributed by atoms with Crippen molar-refractivity contribution in [2.75, 3.05) is 6.61 Å². The molecule has 2 bridgehead atoms. The predicted octanol–water partition coefficient (Wildman–Crippen LogP) is 6.50. The fourth-order valence-corrected chi connectivity index (χ4v) is 6.80. The average molecular weight is 470 g/mol. The molecule has 2 aromatic heterocycles. The molecule has 6 heteroatoms. The van der Waals surface area contributed by atoms with Crippen LogP contribution >= 0.6 is 0 Å². The van der Waals surface area contributed by atoms with Crippen LogP contribution in [0.5, 0.6) is 5.75 Å². The third-order valence-corrected chi connectivity index (χ3v) is 8.53. The molecule has 1 saturated heterocycles. The van der Waals surface area contributed by atoms with E-state index < -0.39 is 11.8 Å². The third-order valence-electron chi connectivity index (χ3n) is 8.53. The maximum Gasteiger partial charge on any atom is 0.336 e. The molecule has 0 spiro atoms. The van der Waals surface area contributed by atoms with E-state index in [9.17, 15) is 9.90 Å². The van der Waals surface area contributed by atoms with Crippen molar-refractivity contribution in [3.8, 4) is 17.2 Å². The molecule has 35 heavy (non-hydrogen) atoms. The summed E-state index contributed by atoms with van der Waals surface area (Å²) in [6, 6.07) is 13.2. The molecule has 7 rings (SSSR count). The van der Waals surface area contributed by atoms with Gasteiger partial charge in [-0.2, -0.15) is 0 Å². The Morgan fingerprint density at radius 3 is 2.77 bits per heavy atom. The van der Waals surface area contributed by atoms with Crippen LogP contribution in [0.2, 0.25) is 0 Å². The van der Waals surface area contributed by atoms with E-state index in [-0.39, 0.29) is 5.56 Å². The fraction of sp³-hybridized carbons (Fsp3) is 0.379. The molecule has 6 nitrogen and oxygen atoms in total. The van der Waals surface area contributed by atoms with Gasteiger partial charge in [0.05, 0.1) is 23.1 Å². The number of hydrogen-bond donors (Lipinski definition) is 1. The number of aryl methyl sites for hydroxylation is 2. The quantitative estimate of drug-likeness (QED) is 0.367. The summed E-state index contributed by atoms with van der Waals surface area (Å²) in [5.74, 6) is 1.36. The van der Waals surface area contributed by atoms with Crippen molar-refractivity contribution in [3.05, 3.63) is 59.2 Å². The number of ether oxygens (including phenoxy) is 2. The first kappa shape index (κ1) is 20.9. The molecule has 3 fully saturated rings. The van der Waals surface area contributed by atoms with Crippen LogP contribution in [0.1, 0.15) is 47.2 Å². The van der Waals surface area contributed by atoms with Crippen LogP contribution in [0, 0.1) is 31.6 Å². The Kier molecular flexibility index (Phi) is 4.38. The van der Waals surface area contributed by atoms with Gasteiger partial charge in [-0.1, -0.05) is 24.3 Å². The smallest absolute Gasteiger partial charge is 0.336 e. The highest BCUT2D eigenvalue weighted by Gasteiger charge is 2.57. The van der Waals surface area contributed by atoms with Crippen LogP contribution < -0.4 is 4.74 Å². The van der Waals surface area contributed by atoms with Gasteiger partial charge in [-0.05, 0) is 68.2 Å². The minimum atomic E-state index is -1.02. The number of carboxylic acids is 1. The van der Waals surface area contributed by atoms with E-state index in [0.717, 1.165) is 41.5 Å².